The lowest BCUT2D eigenvalue weighted by Crippen LogP contribution is -2.36. The van der Waals surface area contributed by atoms with Crippen LogP contribution in [-0.2, 0) is 0 Å². The summed E-state index contributed by atoms with van der Waals surface area (Å²) in [6, 6.07) is 5.62. The zero-order valence-electron chi connectivity index (χ0n) is 9.06. The fraction of sp³-hybridized carbons (Fsp3) is 0.500. The van der Waals surface area contributed by atoms with E-state index in [4.69, 9.17) is 5.26 Å². The molecule has 1 aliphatic rings. The summed E-state index contributed by atoms with van der Waals surface area (Å²) in [5, 5.41) is 21.6. The van der Waals surface area contributed by atoms with Crippen LogP contribution in [0.5, 0.6) is 0 Å². The molecule has 2 unspecified atom stereocenters. The van der Waals surface area contributed by atoms with Gasteiger partial charge in [-0.3, -0.25) is 0 Å². The molecule has 2 atom stereocenters. The molecule has 4 nitrogen and oxygen atoms in total. The molecule has 0 aliphatic heterocycles. The number of nitriles is 1. The van der Waals surface area contributed by atoms with Gasteiger partial charge in [0, 0.05) is 6.20 Å². The van der Waals surface area contributed by atoms with E-state index in [9.17, 15) is 5.11 Å². The van der Waals surface area contributed by atoms with E-state index < -0.39 is 0 Å². The first-order valence-electron chi connectivity index (χ1n) is 5.60. The Morgan fingerprint density at radius 2 is 2.19 bits per heavy atom. The number of aliphatic hydroxyl groups excluding tert-OH is 1. The molecule has 4 heteroatoms. The first-order valence-corrected chi connectivity index (χ1v) is 5.60. The minimum atomic E-state index is -0.286. The Kier molecular flexibility index (Phi) is 3.37. The molecule has 1 aliphatic carbocycles. The number of pyridine rings is 1. The molecule has 0 amide bonds. The summed E-state index contributed by atoms with van der Waals surface area (Å²) in [7, 11) is 0. The van der Waals surface area contributed by atoms with E-state index in [2.05, 4.69) is 10.3 Å². The molecule has 2 N–H and O–H groups in total. The highest BCUT2D eigenvalue weighted by molar-refractivity contribution is 5.40. The topological polar surface area (TPSA) is 68.9 Å². The Hall–Kier alpha value is -1.60. The Balaban J connectivity index is 2.00. The van der Waals surface area contributed by atoms with Gasteiger partial charge in [0.25, 0.3) is 0 Å². The van der Waals surface area contributed by atoms with Crippen molar-refractivity contribution in [1.82, 2.24) is 4.98 Å². The minimum absolute atomic E-state index is 0.0918. The van der Waals surface area contributed by atoms with Crippen LogP contribution < -0.4 is 5.32 Å². The fourth-order valence-electron chi connectivity index (χ4n) is 2.01. The number of aliphatic hydroxyl groups is 1. The molecular weight excluding hydrogens is 202 g/mol. The van der Waals surface area contributed by atoms with Crippen LogP contribution in [-0.4, -0.2) is 22.2 Å². The summed E-state index contributed by atoms with van der Waals surface area (Å²) in [5.74, 6) is 0.727. The third kappa shape index (κ3) is 2.50. The largest absolute Gasteiger partial charge is 0.391 e. The lowest BCUT2D eigenvalue weighted by molar-refractivity contribution is 0.116. The van der Waals surface area contributed by atoms with Crippen molar-refractivity contribution in [3.8, 4) is 6.07 Å². The highest BCUT2D eigenvalue weighted by Gasteiger charge is 2.22. The maximum atomic E-state index is 9.79. The van der Waals surface area contributed by atoms with Gasteiger partial charge in [-0.15, -0.1) is 0 Å². The van der Waals surface area contributed by atoms with E-state index in [1.54, 1.807) is 12.1 Å². The van der Waals surface area contributed by atoms with Crippen LogP contribution in [0, 0.1) is 11.3 Å². The van der Waals surface area contributed by atoms with Gasteiger partial charge in [-0.05, 0) is 25.0 Å². The van der Waals surface area contributed by atoms with Crippen LogP contribution in [0.25, 0.3) is 0 Å². The van der Waals surface area contributed by atoms with Crippen molar-refractivity contribution in [1.29, 1.82) is 5.26 Å². The fourth-order valence-corrected chi connectivity index (χ4v) is 2.01. The molecule has 1 saturated carbocycles. The predicted octanol–water partition coefficient (Wildman–Crippen LogP) is 1.67. The number of aromatic nitrogens is 1. The number of nitrogens with one attached hydrogen (secondary N) is 1. The van der Waals surface area contributed by atoms with Crippen LogP contribution >= 0.6 is 0 Å². The van der Waals surface area contributed by atoms with Crippen molar-refractivity contribution in [3.05, 3.63) is 23.9 Å². The first kappa shape index (κ1) is 10.9. The van der Waals surface area contributed by atoms with Crippen molar-refractivity contribution in [2.75, 3.05) is 5.32 Å². The lowest BCUT2D eigenvalue weighted by atomic mass is 9.92. The molecule has 1 aromatic heterocycles. The summed E-state index contributed by atoms with van der Waals surface area (Å²) < 4.78 is 0. The lowest BCUT2D eigenvalue weighted by Gasteiger charge is -2.28. The molecule has 0 aromatic carbocycles. The van der Waals surface area contributed by atoms with Gasteiger partial charge in [0.15, 0.2) is 0 Å². The molecular formula is C12H15N3O. The third-order valence-electron chi connectivity index (χ3n) is 2.96. The average Bonchev–Trinajstić information content (AvgIpc) is 2.33. The molecule has 16 heavy (non-hydrogen) atoms. The van der Waals surface area contributed by atoms with Gasteiger partial charge in [0.05, 0.1) is 17.7 Å². The normalized spacial score (nSPS) is 24.8. The van der Waals surface area contributed by atoms with Crippen LogP contribution in [0.2, 0.25) is 0 Å². The van der Waals surface area contributed by atoms with Gasteiger partial charge in [0.1, 0.15) is 11.9 Å². The quantitative estimate of drug-likeness (QED) is 0.790. The van der Waals surface area contributed by atoms with E-state index in [-0.39, 0.29) is 12.1 Å². The van der Waals surface area contributed by atoms with Crippen molar-refractivity contribution in [3.63, 3.8) is 0 Å². The SMILES string of the molecule is N#Cc1ccc(NC2CCCCC2O)nc1. The second-order valence-corrected chi connectivity index (χ2v) is 4.15. The number of hydrogen-bond acceptors (Lipinski definition) is 4. The standard InChI is InChI=1S/C12H15N3O/c13-7-9-5-6-12(14-8-9)15-10-3-1-2-4-11(10)16/h5-6,8,10-11,16H,1-4H2,(H,14,15). The second-order valence-electron chi connectivity index (χ2n) is 4.15. The number of anilines is 1. The molecule has 1 heterocycles. The number of rotatable bonds is 2. The van der Waals surface area contributed by atoms with E-state index in [1.807, 2.05) is 6.07 Å². The molecule has 0 spiro atoms. The van der Waals surface area contributed by atoms with E-state index in [0.29, 0.717) is 5.56 Å². The minimum Gasteiger partial charge on any atom is -0.391 e. The molecule has 1 fully saturated rings. The van der Waals surface area contributed by atoms with Crippen molar-refractivity contribution < 1.29 is 5.11 Å². The van der Waals surface area contributed by atoms with Crippen LogP contribution in [0.3, 0.4) is 0 Å². The highest BCUT2D eigenvalue weighted by Crippen LogP contribution is 2.21. The Morgan fingerprint density at radius 3 is 2.81 bits per heavy atom. The van der Waals surface area contributed by atoms with Gasteiger partial charge < -0.3 is 10.4 Å². The summed E-state index contributed by atoms with van der Waals surface area (Å²) >= 11 is 0. The molecule has 2 rings (SSSR count). The Bertz CT molecular complexity index is 382. The zero-order valence-corrected chi connectivity index (χ0v) is 9.06. The molecule has 0 saturated heterocycles. The molecule has 1 aromatic rings. The van der Waals surface area contributed by atoms with Crippen molar-refractivity contribution >= 4 is 5.82 Å². The summed E-state index contributed by atoms with van der Waals surface area (Å²) in [6.45, 7) is 0. The second kappa shape index (κ2) is 4.95. The summed E-state index contributed by atoms with van der Waals surface area (Å²) in [5.41, 5.74) is 0.551. The van der Waals surface area contributed by atoms with E-state index in [1.165, 1.54) is 6.20 Å². The molecule has 0 bridgehead atoms. The summed E-state index contributed by atoms with van der Waals surface area (Å²) in [4.78, 5) is 4.13. The van der Waals surface area contributed by atoms with Gasteiger partial charge in [-0.25, -0.2) is 4.98 Å². The maximum Gasteiger partial charge on any atom is 0.126 e. The van der Waals surface area contributed by atoms with Crippen LogP contribution in [0.1, 0.15) is 31.2 Å². The Morgan fingerprint density at radius 1 is 1.38 bits per heavy atom. The molecule has 0 radical (unpaired) electrons. The van der Waals surface area contributed by atoms with Crippen LogP contribution in [0.4, 0.5) is 5.82 Å². The first-order chi connectivity index (χ1) is 7.79. The number of hydrogen-bond donors (Lipinski definition) is 2. The number of nitrogens with zero attached hydrogens (tertiary/aromatic N) is 2. The monoisotopic (exact) mass is 217 g/mol. The summed E-state index contributed by atoms with van der Waals surface area (Å²) in [6.07, 6.45) is 5.32. The Labute approximate surface area is 94.9 Å². The van der Waals surface area contributed by atoms with Crippen molar-refractivity contribution in [2.45, 2.75) is 37.8 Å². The predicted molar refractivity (Wildman–Crippen MR) is 60.8 cm³/mol. The van der Waals surface area contributed by atoms with E-state index >= 15 is 0 Å². The van der Waals surface area contributed by atoms with Gasteiger partial charge in [-0.1, -0.05) is 12.8 Å². The van der Waals surface area contributed by atoms with Crippen LogP contribution in [0.15, 0.2) is 18.3 Å². The third-order valence-corrected chi connectivity index (χ3v) is 2.96. The molecule has 84 valence electrons. The maximum absolute atomic E-state index is 9.79. The van der Waals surface area contributed by atoms with Gasteiger partial charge >= 0.3 is 0 Å². The van der Waals surface area contributed by atoms with E-state index in [0.717, 1.165) is 31.5 Å². The van der Waals surface area contributed by atoms with Gasteiger partial charge in [-0.2, -0.15) is 5.26 Å². The highest BCUT2D eigenvalue weighted by atomic mass is 16.3. The van der Waals surface area contributed by atoms with Crippen molar-refractivity contribution in [2.24, 2.45) is 0 Å². The average molecular weight is 217 g/mol. The zero-order chi connectivity index (χ0) is 11.4. The smallest absolute Gasteiger partial charge is 0.126 e. The van der Waals surface area contributed by atoms with Gasteiger partial charge in [0.2, 0.25) is 0 Å².